The van der Waals surface area contributed by atoms with Crippen molar-refractivity contribution in [3.05, 3.63) is 52.5 Å². The van der Waals surface area contributed by atoms with Gasteiger partial charge in [-0.05, 0) is 93.3 Å². The molecule has 2 N–H and O–H groups in total. The van der Waals surface area contributed by atoms with E-state index in [9.17, 15) is 4.79 Å². The Labute approximate surface area is 213 Å². The first kappa shape index (κ1) is 24.3. The SMILES string of the molecule is COc1ccc([C@@]23CC[C@@H](NC(=O)Nc4cc(Cl)ccc4C)C[C@@H]2N(CC2CC2)CC3)cc1OC. The molecule has 1 heterocycles. The molecule has 3 aliphatic rings. The zero-order valence-corrected chi connectivity index (χ0v) is 21.7. The highest BCUT2D eigenvalue weighted by Crippen LogP contribution is 2.51. The highest BCUT2D eigenvalue weighted by molar-refractivity contribution is 6.31. The van der Waals surface area contributed by atoms with Crippen LogP contribution in [0.25, 0.3) is 0 Å². The number of carbonyl (C=O) groups is 1. The summed E-state index contributed by atoms with van der Waals surface area (Å²) in [5.74, 6) is 2.38. The fraction of sp³-hybridized carbons (Fsp3) is 0.536. The van der Waals surface area contributed by atoms with Crippen LogP contribution in [0.4, 0.5) is 10.5 Å². The maximum atomic E-state index is 12.9. The second-order valence-corrected chi connectivity index (χ2v) is 10.9. The molecular formula is C28H36ClN3O3. The van der Waals surface area contributed by atoms with Gasteiger partial charge in [-0.2, -0.15) is 0 Å². The summed E-state index contributed by atoms with van der Waals surface area (Å²) in [6.45, 7) is 4.24. The molecule has 0 unspecified atom stereocenters. The van der Waals surface area contributed by atoms with E-state index in [0.29, 0.717) is 11.1 Å². The molecule has 0 spiro atoms. The maximum absolute atomic E-state index is 12.9. The molecule has 2 amide bonds. The molecule has 5 rings (SSSR count). The lowest BCUT2D eigenvalue weighted by Crippen LogP contribution is -2.53. The molecule has 188 valence electrons. The Morgan fingerprint density at radius 1 is 1.09 bits per heavy atom. The third kappa shape index (κ3) is 4.96. The first-order valence-electron chi connectivity index (χ1n) is 12.7. The Morgan fingerprint density at radius 3 is 2.63 bits per heavy atom. The minimum Gasteiger partial charge on any atom is -0.493 e. The summed E-state index contributed by atoms with van der Waals surface area (Å²) in [6, 6.07) is 12.4. The summed E-state index contributed by atoms with van der Waals surface area (Å²) in [4.78, 5) is 15.6. The highest BCUT2D eigenvalue weighted by atomic mass is 35.5. The number of aryl methyl sites for hydroxylation is 1. The number of urea groups is 1. The van der Waals surface area contributed by atoms with Gasteiger partial charge in [0.1, 0.15) is 0 Å². The third-order valence-electron chi connectivity index (χ3n) is 8.30. The summed E-state index contributed by atoms with van der Waals surface area (Å²) >= 11 is 6.14. The number of amides is 2. The molecule has 3 atom stereocenters. The van der Waals surface area contributed by atoms with E-state index in [4.69, 9.17) is 21.1 Å². The quantitative estimate of drug-likeness (QED) is 0.510. The van der Waals surface area contributed by atoms with Crippen LogP contribution in [-0.4, -0.2) is 50.3 Å². The summed E-state index contributed by atoms with van der Waals surface area (Å²) in [5.41, 5.74) is 3.15. The van der Waals surface area contributed by atoms with Gasteiger partial charge < -0.3 is 20.1 Å². The summed E-state index contributed by atoms with van der Waals surface area (Å²) in [7, 11) is 3.38. The molecule has 3 fully saturated rings. The second kappa shape index (κ2) is 9.90. The topological polar surface area (TPSA) is 62.8 Å². The fourth-order valence-electron chi connectivity index (χ4n) is 6.18. The highest BCUT2D eigenvalue weighted by Gasteiger charge is 2.52. The van der Waals surface area contributed by atoms with Gasteiger partial charge in [-0.1, -0.05) is 23.7 Å². The lowest BCUT2D eigenvalue weighted by Gasteiger charge is -2.45. The number of halogens is 1. The van der Waals surface area contributed by atoms with Gasteiger partial charge in [-0.25, -0.2) is 4.79 Å². The van der Waals surface area contributed by atoms with Crippen molar-refractivity contribution in [3.63, 3.8) is 0 Å². The number of methoxy groups -OCH3 is 2. The maximum Gasteiger partial charge on any atom is 0.319 e. The minimum atomic E-state index is -0.161. The van der Waals surface area contributed by atoms with Gasteiger partial charge >= 0.3 is 6.03 Å². The Balaban J connectivity index is 1.34. The average Bonchev–Trinajstić information content (AvgIpc) is 3.61. The summed E-state index contributed by atoms with van der Waals surface area (Å²) in [6.07, 6.45) is 6.76. The predicted octanol–water partition coefficient (Wildman–Crippen LogP) is 5.76. The molecular weight excluding hydrogens is 462 g/mol. The van der Waals surface area contributed by atoms with Crippen LogP contribution in [0.15, 0.2) is 36.4 Å². The number of nitrogens with zero attached hydrogens (tertiary/aromatic N) is 1. The number of hydrogen-bond acceptors (Lipinski definition) is 4. The fourth-order valence-corrected chi connectivity index (χ4v) is 6.35. The smallest absolute Gasteiger partial charge is 0.319 e. The molecule has 0 aromatic heterocycles. The molecule has 1 saturated heterocycles. The number of hydrogen-bond donors (Lipinski definition) is 2. The zero-order valence-electron chi connectivity index (χ0n) is 20.9. The van der Waals surface area contributed by atoms with E-state index >= 15 is 0 Å². The third-order valence-corrected chi connectivity index (χ3v) is 8.54. The molecule has 1 aliphatic heterocycles. The normalized spacial score (nSPS) is 26.2. The molecule has 0 bridgehead atoms. The summed E-state index contributed by atoms with van der Waals surface area (Å²) < 4.78 is 11.1. The van der Waals surface area contributed by atoms with Gasteiger partial charge in [-0.15, -0.1) is 0 Å². The first-order valence-corrected chi connectivity index (χ1v) is 13.1. The first-order chi connectivity index (χ1) is 16.9. The lowest BCUT2D eigenvalue weighted by molar-refractivity contribution is 0.132. The van der Waals surface area contributed by atoms with Crippen LogP contribution >= 0.6 is 11.6 Å². The second-order valence-electron chi connectivity index (χ2n) is 10.5. The van der Waals surface area contributed by atoms with Crippen LogP contribution in [0.1, 0.15) is 49.7 Å². The van der Waals surface area contributed by atoms with Crippen molar-refractivity contribution in [3.8, 4) is 11.5 Å². The van der Waals surface area contributed by atoms with Crippen molar-refractivity contribution in [2.45, 2.75) is 62.9 Å². The van der Waals surface area contributed by atoms with Crippen LogP contribution in [0.5, 0.6) is 11.5 Å². The summed E-state index contributed by atoms with van der Waals surface area (Å²) in [5, 5.41) is 6.88. The molecule has 2 aliphatic carbocycles. The van der Waals surface area contributed by atoms with Gasteiger partial charge in [-0.3, -0.25) is 4.90 Å². The van der Waals surface area contributed by atoms with Gasteiger partial charge in [0.15, 0.2) is 11.5 Å². The van der Waals surface area contributed by atoms with Crippen LogP contribution in [0, 0.1) is 12.8 Å². The van der Waals surface area contributed by atoms with Crippen LogP contribution in [0.3, 0.4) is 0 Å². The van der Waals surface area contributed by atoms with Crippen LogP contribution in [0.2, 0.25) is 5.02 Å². The van der Waals surface area contributed by atoms with Crippen molar-refractivity contribution in [2.75, 3.05) is 32.6 Å². The monoisotopic (exact) mass is 497 g/mol. The van der Waals surface area contributed by atoms with Crippen molar-refractivity contribution in [1.82, 2.24) is 10.2 Å². The van der Waals surface area contributed by atoms with Gasteiger partial charge in [0.05, 0.1) is 14.2 Å². The predicted molar refractivity (Wildman–Crippen MR) is 140 cm³/mol. The Bertz CT molecular complexity index is 1090. The van der Waals surface area contributed by atoms with E-state index in [-0.39, 0.29) is 17.5 Å². The number of carbonyl (C=O) groups excluding carboxylic acids is 1. The van der Waals surface area contributed by atoms with Gasteiger partial charge in [0.2, 0.25) is 0 Å². The molecule has 0 radical (unpaired) electrons. The van der Waals surface area contributed by atoms with E-state index in [1.165, 1.54) is 24.9 Å². The van der Waals surface area contributed by atoms with E-state index in [2.05, 4.69) is 27.7 Å². The number of likely N-dealkylation sites (tertiary alicyclic amines) is 1. The number of nitrogens with one attached hydrogen (secondary N) is 2. The number of fused-ring (bicyclic) bond motifs is 1. The Kier molecular flexibility index (Phi) is 6.86. The lowest BCUT2D eigenvalue weighted by atomic mass is 9.65. The largest absolute Gasteiger partial charge is 0.493 e. The molecule has 2 aromatic rings. The minimum absolute atomic E-state index is 0.0760. The molecule has 35 heavy (non-hydrogen) atoms. The van der Waals surface area contributed by atoms with Crippen LogP contribution < -0.4 is 20.1 Å². The van der Waals surface area contributed by atoms with Crippen LogP contribution in [-0.2, 0) is 5.41 Å². The number of anilines is 1. The molecule has 7 heteroatoms. The van der Waals surface area contributed by atoms with Crippen molar-refractivity contribution in [2.24, 2.45) is 5.92 Å². The average molecular weight is 498 g/mol. The molecule has 2 aromatic carbocycles. The standard InChI is InChI=1S/C28H36ClN3O3/c1-18-4-8-21(29)15-23(18)31-27(33)30-22-10-11-28(20-7-9-24(34-2)25(14-20)35-3)12-13-32(26(28)16-22)17-19-5-6-19/h4,7-9,14-15,19,22,26H,5-6,10-13,16-17H2,1-3H3,(H2,30,31,33)/t22-,26+,28+/m1/s1. The zero-order chi connectivity index (χ0) is 24.6. The van der Waals surface area contributed by atoms with Gasteiger partial charge in [0, 0.05) is 34.8 Å². The van der Waals surface area contributed by atoms with Crippen molar-refractivity contribution >= 4 is 23.3 Å². The van der Waals surface area contributed by atoms with E-state index in [1.807, 2.05) is 25.1 Å². The van der Waals surface area contributed by atoms with Crippen molar-refractivity contribution in [1.29, 1.82) is 0 Å². The number of rotatable bonds is 7. The Morgan fingerprint density at radius 2 is 1.89 bits per heavy atom. The van der Waals surface area contributed by atoms with Crippen molar-refractivity contribution < 1.29 is 14.3 Å². The number of benzene rings is 2. The van der Waals surface area contributed by atoms with E-state index in [0.717, 1.165) is 60.9 Å². The number of ether oxygens (including phenoxy) is 2. The van der Waals surface area contributed by atoms with Gasteiger partial charge in [0.25, 0.3) is 0 Å². The Hall–Kier alpha value is -2.44. The molecule has 2 saturated carbocycles. The molecule has 6 nitrogen and oxygen atoms in total. The van der Waals surface area contributed by atoms with E-state index in [1.54, 1.807) is 20.3 Å². The van der Waals surface area contributed by atoms with E-state index < -0.39 is 0 Å².